The second kappa shape index (κ2) is 5.82. The van der Waals surface area contributed by atoms with Crippen LogP contribution in [0.15, 0.2) is 29.6 Å². The fourth-order valence-corrected chi connectivity index (χ4v) is 2.33. The highest BCUT2D eigenvalue weighted by molar-refractivity contribution is 6.18. The molecule has 1 aliphatic carbocycles. The molecule has 0 heterocycles. The number of fused-ring (bicyclic) bond motifs is 1. The molecule has 0 radical (unpaired) electrons. The zero-order valence-corrected chi connectivity index (χ0v) is 10.6. The Balaban J connectivity index is 1.93. The first-order valence-electron chi connectivity index (χ1n) is 5.78. The lowest BCUT2D eigenvalue weighted by atomic mass is 10.1. The Labute approximate surface area is 110 Å². The van der Waals surface area contributed by atoms with Gasteiger partial charge < -0.3 is 5.32 Å². The molecule has 0 bridgehead atoms. The van der Waals surface area contributed by atoms with Gasteiger partial charge in [-0.2, -0.15) is 5.01 Å². The number of hydrogen-bond donors (Lipinski definition) is 1. The highest BCUT2D eigenvalue weighted by atomic mass is 35.5. The van der Waals surface area contributed by atoms with Crippen LogP contribution in [0.2, 0.25) is 0 Å². The van der Waals surface area contributed by atoms with Gasteiger partial charge >= 0.3 is 6.03 Å². The van der Waals surface area contributed by atoms with Gasteiger partial charge in [0.1, 0.15) is 0 Å². The molecular formula is C12H14ClN3O2. The van der Waals surface area contributed by atoms with Crippen molar-refractivity contribution in [3.8, 4) is 0 Å². The van der Waals surface area contributed by atoms with Crippen molar-refractivity contribution >= 4 is 17.6 Å². The number of carbonyl (C=O) groups is 1. The minimum Gasteiger partial charge on any atom is -0.333 e. The standard InChI is InChI=1S/C12H14ClN3O2/c13-5-6-16(15-18)12(17)14-11-7-9-3-1-2-4-10(9)8-11/h1-4,11H,5-8H2,(H,14,17). The number of hydrogen-bond acceptors (Lipinski definition) is 3. The number of benzene rings is 1. The summed E-state index contributed by atoms with van der Waals surface area (Å²) >= 11 is 5.49. The van der Waals surface area contributed by atoms with Gasteiger partial charge in [-0.25, -0.2) is 4.79 Å². The van der Waals surface area contributed by atoms with E-state index in [2.05, 4.69) is 22.7 Å². The van der Waals surface area contributed by atoms with Crippen LogP contribution in [0.25, 0.3) is 0 Å². The predicted octanol–water partition coefficient (Wildman–Crippen LogP) is 2.09. The molecule has 18 heavy (non-hydrogen) atoms. The van der Waals surface area contributed by atoms with Crippen LogP contribution in [-0.2, 0) is 12.8 Å². The Hall–Kier alpha value is -1.62. The van der Waals surface area contributed by atoms with Crippen LogP contribution in [0, 0.1) is 4.91 Å². The first kappa shape index (κ1) is 12.8. The summed E-state index contributed by atoms with van der Waals surface area (Å²) in [5, 5.41) is 6.27. The summed E-state index contributed by atoms with van der Waals surface area (Å²) in [5.41, 5.74) is 2.48. The van der Waals surface area contributed by atoms with E-state index in [0.29, 0.717) is 0 Å². The van der Waals surface area contributed by atoms with Crippen molar-refractivity contribution in [1.82, 2.24) is 10.3 Å². The molecule has 0 saturated carbocycles. The summed E-state index contributed by atoms with van der Waals surface area (Å²) < 4.78 is 0. The topological polar surface area (TPSA) is 61.8 Å². The number of nitrogens with one attached hydrogen (secondary N) is 1. The number of nitrogens with zero attached hydrogens (tertiary/aromatic N) is 2. The van der Waals surface area contributed by atoms with E-state index in [1.807, 2.05) is 12.1 Å². The third-order valence-electron chi connectivity index (χ3n) is 3.01. The Morgan fingerprint density at radius 3 is 2.50 bits per heavy atom. The first-order valence-corrected chi connectivity index (χ1v) is 6.32. The number of urea groups is 1. The lowest BCUT2D eigenvalue weighted by molar-refractivity contribution is 0.198. The van der Waals surface area contributed by atoms with Gasteiger partial charge in [0.05, 0.1) is 11.8 Å². The number of carbonyl (C=O) groups excluding carboxylic acids is 1. The Kier molecular flexibility index (Phi) is 4.15. The monoisotopic (exact) mass is 267 g/mol. The molecule has 96 valence electrons. The van der Waals surface area contributed by atoms with Gasteiger partial charge in [-0.15, -0.1) is 16.5 Å². The van der Waals surface area contributed by atoms with E-state index >= 15 is 0 Å². The summed E-state index contributed by atoms with van der Waals surface area (Å²) in [6.45, 7) is 0.122. The van der Waals surface area contributed by atoms with Gasteiger partial charge in [-0.05, 0) is 24.0 Å². The van der Waals surface area contributed by atoms with E-state index in [9.17, 15) is 9.70 Å². The molecular weight excluding hydrogens is 254 g/mol. The molecule has 0 aromatic heterocycles. The van der Waals surface area contributed by atoms with Gasteiger partial charge in [0.15, 0.2) is 0 Å². The SMILES string of the molecule is O=NN(CCCl)C(=O)NC1Cc2ccccc2C1. The smallest absolute Gasteiger partial charge is 0.333 e. The Morgan fingerprint density at radius 1 is 1.39 bits per heavy atom. The van der Waals surface area contributed by atoms with Crippen molar-refractivity contribution in [1.29, 1.82) is 0 Å². The molecule has 2 rings (SSSR count). The van der Waals surface area contributed by atoms with Gasteiger partial charge in [0.25, 0.3) is 0 Å². The minimum absolute atomic E-state index is 0.0227. The van der Waals surface area contributed by atoms with Gasteiger partial charge in [-0.3, -0.25) is 0 Å². The van der Waals surface area contributed by atoms with Crippen LogP contribution in [0.5, 0.6) is 0 Å². The lowest BCUT2D eigenvalue weighted by Crippen LogP contribution is -2.43. The van der Waals surface area contributed by atoms with E-state index in [1.165, 1.54) is 11.1 Å². The molecule has 0 unspecified atom stereocenters. The van der Waals surface area contributed by atoms with Crippen LogP contribution in [0.4, 0.5) is 4.79 Å². The van der Waals surface area contributed by atoms with Gasteiger partial charge in [-0.1, -0.05) is 24.3 Å². The maximum Gasteiger partial charge on any atom is 0.340 e. The van der Waals surface area contributed by atoms with Crippen molar-refractivity contribution in [2.45, 2.75) is 18.9 Å². The molecule has 6 heteroatoms. The average Bonchev–Trinajstić information content (AvgIpc) is 2.77. The largest absolute Gasteiger partial charge is 0.340 e. The second-order valence-corrected chi connectivity index (χ2v) is 4.60. The van der Waals surface area contributed by atoms with Gasteiger partial charge in [0.2, 0.25) is 0 Å². The summed E-state index contributed by atoms with van der Waals surface area (Å²) in [4.78, 5) is 22.2. The van der Waals surface area contributed by atoms with Crippen molar-refractivity contribution in [3.63, 3.8) is 0 Å². The third-order valence-corrected chi connectivity index (χ3v) is 3.18. The van der Waals surface area contributed by atoms with E-state index in [4.69, 9.17) is 11.6 Å². The Morgan fingerprint density at radius 2 is 2.00 bits per heavy atom. The fourth-order valence-electron chi connectivity index (χ4n) is 2.17. The van der Waals surface area contributed by atoms with Gasteiger partial charge in [0, 0.05) is 11.9 Å². The maximum absolute atomic E-state index is 11.7. The molecule has 0 fully saturated rings. The van der Waals surface area contributed by atoms with Crippen molar-refractivity contribution < 1.29 is 4.79 Å². The zero-order valence-electron chi connectivity index (χ0n) is 9.80. The highest BCUT2D eigenvalue weighted by Crippen LogP contribution is 2.21. The summed E-state index contributed by atoms with van der Waals surface area (Å²) in [5.74, 6) is 0.185. The summed E-state index contributed by atoms with van der Waals surface area (Å²) in [6.07, 6.45) is 1.57. The molecule has 1 aliphatic rings. The van der Waals surface area contributed by atoms with Crippen molar-refractivity contribution in [2.24, 2.45) is 5.29 Å². The average molecular weight is 268 g/mol. The molecule has 1 aromatic carbocycles. The first-order chi connectivity index (χ1) is 8.74. The van der Waals surface area contributed by atoms with Crippen molar-refractivity contribution in [2.75, 3.05) is 12.4 Å². The minimum atomic E-state index is -0.483. The molecule has 0 spiro atoms. The van der Waals surface area contributed by atoms with Crippen molar-refractivity contribution in [3.05, 3.63) is 40.3 Å². The molecule has 2 amide bonds. The summed E-state index contributed by atoms with van der Waals surface area (Å²) in [6, 6.07) is 7.61. The molecule has 0 aliphatic heterocycles. The molecule has 1 aromatic rings. The number of halogens is 1. The van der Waals surface area contributed by atoms with Crippen LogP contribution < -0.4 is 5.32 Å². The predicted molar refractivity (Wildman–Crippen MR) is 69.4 cm³/mol. The molecule has 0 saturated heterocycles. The number of alkyl halides is 1. The van der Waals surface area contributed by atoms with Crippen LogP contribution in [0.3, 0.4) is 0 Å². The van der Waals surface area contributed by atoms with Crippen LogP contribution >= 0.6 is 11.6 Å². The molecule has 5 nitrogen and oxygen atoms in total. The number of rotatable bonds is 4. The quantitative estimate of drug-likeness (QED) is 0.516. The fraction of sp³-hybridized carbons (Fsp3) is 0.417. The highest BCUT2D eigenvalue weighted by Gasteiger charge is 2.24. The second-order valence-electron chi connectivity index (χ2n) is 4.22. The molecule has 1 N–H and O–H groups in total. The summed E-state index contributed by atoms with van der Waals surface area (Å²) in [7, 11) is 0. The number of nitroso groups, excluding NO2 is 1. The normalized spacial score (nSPS) is 14.1. The van der Waals surface area contributed by atoms with E-state index in [1.54, 1.807) is 0 Å². The molecule has 0 atom stereocenters. The lowest BCUT2D eigenvalue weighted by Gasteiger charge is -2.16. The van der Waals surface area contributed by atoms with E-state index in [0.717, 1.165) is 17.9 Å². The van der Waals surface area contributed by atoms with E-state index < -0.39 is 6.03 Å². The van der Waals surface area contributed by atoms with Crippen LogP contribution in [-0.4, -0.2) is 29.5 Å². The van der Waals surface area contributed by atoms with Crippen LogP contribution in [0.1, 0.15) is 11.1 Å². The van der Waals surface area contributed by atoms with E-state index in [-0.39, 0.29) is 18.5 Å². The number of amides is 2. The zero-order chi connectivity index (χ0) is 13.0. The maximum atomic E-state index is 11.7. The Bertz CT molecular complexity index is 428. The third kappa shape index (κ3) is 2.79.